The van der Waals surface area contributed by atoms with Gasteiger partial charge < -0.3 is 15.1 Å². The third-order valence-electron chi connectivity index (χ3n) is 5.88. The molecule has 0 unspecified atom stereocenters. The summed E-state index contributed by atoms with van der Waals surface area (Å²) < 4.78 is 0. The van der Waals surface area contributed by atoms with Crippen molar-refractivity contribution in [3.63, 3.8) is 0 Å². The van der Waals surface area contributed by atoms with Gasteiger partial charge in [-0.25, -0.2) is 0 Å². The Kier molecular flexibility index (Phi) is 7.72. The predicted molar refractivity (Wildman–Crippen MR) is 126 cm³/mol. The molecule has 0 aromatic heterocycles. The van der Waals surface area contributed by atoms with Crippen molar-refractivity contribution in [1.29, 1.82) is 0 Å². The van der Waals surface area contributed by atoms with Crippen LogP contribution >= 0.6 is 0 Å². The van der Waals surface area contributed by atoms with Gasteiger partial charge in [0.1, 0.15) is 0 Å². The Labute approximate surface area is 186 Å². The van der Waals surface area contributed by atoms with E-state index in [2.05, 4.69) is 67.4 Å². The van der Waals surface area contributed by atoms with E-state index in [0.717, 1.165) is 31.7 Å². The number of carbonyl (C=O) groups excluding carboxylic acids is 2. The molecule has 2 aromatic carbocycles. The molecular formula is C26H35N3O2. The Balaban J connectivity index is 1.33. The number of anilines is 1. The highest BCUT2D eigenvalue weighted by molar-refractivity contribution is 5.79. The van der Waals surface area contributed by atoms with Crippen molar-refractivity contribution in [1.82, 2.24) is 10.2 Å². The van der Waals surface area contributed by atoms with Gasteiger partial charge in [-0.1, -0.05) is 63.2 Å². The zero-order valence-electron chi connectivity index (χ0n) is 19.1. The SMILES string of the molecule is CC(C)(C)c1ccc(CCC(=O)NCCC(=O)N2CCN(c3ccccc3)CC2)cc1. The highest BCUT2D eigenvalue weighted by Crippen LogP contribution is 2.22. The third kappa shape index (κ3) is 6.84. The van der Waals surface area contributed by atoms with Gasteiger partial charge in [-0.3, -0.25) is 9.59 Å². The molecule has 1 fully saturated rings. The lowest BCUT2D eigenvalue weighted by Gasteiger charge is -2.36. The van der Waals surface area contributed by atoms with Gasteiger partial charge in [-0.05, 0) is 35.1 Å². The monoisotopic (exact) mass is 421 g/mol. The first kappa shape index (κ1) is 22.9. The van der Waals surface area contributed by atoms with Gasteiger partial charge in [0.25, 0.3) is 0 Å². The normalized spacial score (nSPS) is 14.4. The van der Waals surface area contributed by atoms with E-state index >= 15 is 0 Å². The highest BCUT2D eigenvalue weighted by atomic mass is 16.2. The number of nitrogens with one attached hydrogen (secondary N) is 1. The van der Waals surface area contributed by atoms with Gasteiger partial charge in [0.05, 0.1) is 0 Å². The van der Waals surface area contributed by atoms with Crippen LogP contribution in [0.4, 0.5) is 5.69 Å². The Morgan fingerprint density at radius 1 is 0.871 bits per heavy atom. The zero-order chi connectivity index (χ0) is 22.3. The Bertz CT molecular complexity index is 848. The number of aryl methyl sites for hydroxylation is 1. The maximum atomic E-state index is 12.5. The van der Waals surface area contributed by atoms with Crippen molar-refractivity contribution >= 4 is 17.5 Å². The first-order valence-corrected chi connectivity index (χ1v) is 11.3. The minimum atomic E-state index is 0.00148. The molecule has 1 N–H and O–H groups in total. The lowest BCUT2D eigenvalue weighted by Crippen LogP contribution is -2.49. The van der Waals surface area contributed by atoms with Crippen LogP contribution in [0.5, 0.6) is 0 Å². The summed E-state index contributed by atoms with van der Waals surface area (Å²) in [5, 5.41) is 2.90. The minimum absolute atomic E-state index is 0.00148. The quantitative estimate of drug-likeness (QED) is 0.740. The number of hydrogen-bond acceptors (Lipinski definition) is 3. The highest BCUT2D eigenvalue weighted by Gasteiger charge is 2.21. The Morgan fingerprint density at radius 2 is 1.52 bits per heavy atom. The fourth-order valence-electron chi connectivity index (χ4n) is 3.84. The van der Waals surface area contributed by atoms with E-state index in [1.807, 2.05) is 23.1 Å². The van der Waals surface area contributed by atoms with E-state index in [4.69, 9.17) is 0 Å². The fourth-order valence-corrected chi connectivity index (χ4v) is 3.84. The summed E-state index contributed by atoms with van der Waals surface area (Å²) in [7, 11) is 0. The van der Waals surface area contributed by atoms with Gasteiger partial charge in [0.2, 0.25) is 11.8 Å². The summed E-state index contributed by atoms with van der Waals surface area (Å²) in [4.78, 5) is 28.8. The largest absolute Gasteiger partial charge is 0.368 e. The number of nitrogens with zero attached hydrogens (tertiary/aromatic N) is 2. The lowest BCUT2D eigenvalue weighted by atomic mass is 9.86. The van der Waals surface area contributed by atoms with E-state index in [9.17, 15) is 9.59 Å². The molecule has 5 heteroatoms. The van der Waals surface area contributed by atoms with E-state index in [1.165, 1.54) is 11.3 Å². The molecule has 166 valence electrons. The molecule has 5 nitrogen and oxygen atoms in total. The molecule has 2 aromatic rings. The van der Waals surface area contributed by atoms with Crippen LogP contribution < -0.4 is 10.2 Å². The average Bonchev–Trinajstić information content (AvgIpc) is 2.78. The maximum absolute atomic E-state index is 12.5. The van der Waals surface area contributed by atoms with Crippen molar-refractivity contribution in [2.45, 2.75) is 45.4 Å². The molecule has 1 aliphatic rings. The summed E-state index contributed by atoms with van der Waals surface area (Å²) in [5.74, 6) is 0.118. The molecule has 0 spiro atoms. The standard InChI is InChI=1S/C26H35N3O2/c1-26(2,3)22-12-9-21(10-13-22)11-14-24(30)27-16-15-25(31)29-19-17-28(18-20-29)23-7-5-4-6-8-23/h4-10,12-13H,11,14-20H2,1-3H3,(H,27,30). The van der Waals surface area contributed by atoms with Crippen LogP contribution in [0.3, 0.4) is 0 Å². The van der Waals surface area contributed by atoms with Crippen molar-refractivity contribution in [2.24, 2.45) is 0 Å². The number of amides is 2. The molecule has 2 amide bonds. The van der Waals surface area contributed by atoms with E-state index in [-0.39, 0.29) is 17.2 Å². The van der Waals surface area contributed by atoms with E-state index in [1.54, 1.807) is 0 Å². The van der Waals surface area contributed by atoms with Gasteiger partial charge in [-0.2, -0.15) is 0 Å². The minimum Gasteiger partial charge on any atom is -0.368 e. The fraction of sp³-hybridized carbons (Fsp3) is 0.462. The third-order valence-corrected chi connectivity index (χ3v) is 5.88. The number of piperazine rings is 1. The summed E-state index contributed by atoms with van der Waals surface area (Å²) in [6.45, 7) is 10.1. The van der Waals surface area contributed by atoms with Crippen molar-refractivity contribution in [3.8, 4) is 0 Å². The first-order valence-electron chi connectivity index (χ1n) is 11.3. The van der Waals surface area contributed by atoms with Crippen LogP contribution in [-0.4, -0.2) is 49.4 Å². The summed E-state index contributed by atoms with van der Waals surface area (Å²) in [5.41, 5.74) is 3.80. The second-order valence-electron chi connectivity index (χ2n) is 9.25. The summed E-state index contributed by atoms with van der Waals surface area (Å²) in [6.07, 6.45) is 1.52. The van der Waals surface area contributed by atoms with Crippen LogP contribution in [0.15, 0.2) is 54.6 Å². The second kappa shape index (κ2) is 10.5. The average molecular weight is 422 g/mol. The topological polar surface area (TPSA) is 52.7 Å². The number of rotatable bonds is 7. The van der Waals surface area contributed by atoms with E-state index < -0.39 is 0 Å². The summed E-state index contributed by atoms with van der Waals surface area (Å²) >= 11 is 0. The zero-order valence-corrected chi connectivity index (χ0v) is 19.1. The van der Waals surface area contributed by atoms with Crippen LogP contribution in [0.2, 0.25) is 0 Å². The molecule has 1 heterocycles. The van der Waals surface area contributed by atoms with Gasteiger partial charge in [0, 0.05) is 51.3 Å². The number of benzene rings is 2. The first-order chi connectivity index (χ1) is 14.8. The molecule has 0 bridgehead atoms. The summed E-state index contributed by atoms with van der Waals surface area (Å²) in [6, 6.07) is 18.8. The molecule has 3 rings (SSSR count). The predicted octanol–water partition coefficient (Wildman–Crippen LogP) is 3.77. The smallest absolute Gasteiger partial charge is 0.224 e. The molecule has 1 aliphatic heterocycles. The molecule has 0 saturated carbocycles. The Morgan fingerprint density at radius 3 is 2.13 bits per heavy atom. The molecule has 0 aliphatic carbocycles. The van der Waals surface area contributed by atoms with Crippen LogP contribution in [0.25, 0.3) is 0 Å². The maximum Gasteiger partial charge on any atom is 0.224 e. The number of para-hydroxylation sites is 1. The molecular weight excluding hydrogens is 386 g/mol. The van der Waals surface area contributed by atoms with Gasteiger partial charge in [0.15, 0.2) is 0 Å². The number of hydrogen-bond donors (Lipinski definition) is 1. The second-order valence-corrected chi connectivity index (χ2v) is 9.25. The number of carbonyl (C=O) groups is 2. The van der Waals surface area contributed by atoms with Crippen LogP contribution in [0, 0.1) is 0 Å². The van der Waals surface area contributed by atoms with Crippen molar-refractivity contribution in [2.75, 3.05) is 37.6 Å². The molecule has 0 radical (unpaired) electrons. The molecule has 1 saturated heterocycles. The van der Waals surface area contributed by atoms with E-state index in [0.29, 0.717) is 25.8 Å². The van der Waals surface area contributed by atoms with Crippen LogP contribution in [0.1, 0.15) is 44.7 Å². The van der Waals surface area contributed by atoms with Gasteiger partial charge in [-0.15, -0.1) is 0 Å². The Hall–Kier alpha value is -2.82. The van der Waals surface area contributed by atoms with Gasteiger partial charge >= 0.3 is 0 Å². The van der Waals surface area contributed by atoms with Crippen molar-refractivity contribution < 1.29 is 9.59 Å². The lowest BCUT2D eigenvalue weighted by molar-refractivity contribution is -0.131. The van der Waals surface area contributed by atoms with Crippen LogP contribution in [-0.2, 0) is 21.4 Å². The molecule has 31 heavy (non-hydrogen) atoms. The van der Waals surface area contributed by atoms with Crippen molar-refractivity contribution in [3.05, 3.63) is 65.7 Å². The molecule has 0 atom stereocenters.